The van der Waals surface area contributed by atoms with Gasteiger partial charge in [-0.3, -0.25) is 4.79 Å². The fourth-order valence-electron chi connectivity index (χ4n) is 3.00. The number of thiazole rings is 1. The molecule has 1 heterocycles. The molecule has 0 radical (unpaired) electrons. The maximum absolute atomic E-state index is 12.5. The van der Waals surface area contributed by atoms with Gasteiger partial charge in [0.25, 0.3) is 5.91 Å². The first-order valence-corrected chi connectivity index (χ1v) is 10.7. The van der Waals surface area contributed by atoms with Gasteiger partial charge in [-0.2, -0.15) is 0 Å². The van der Waals surface area contributed by atoms with Crippen molar-refractivity contribution < 1.29 is 14.3 Å². The summed E-state index contributed by atoms with van der Waals surface area (Å²) in [4.78, 5) is 17.2. The molecule has 1 aromatic heterocycles. The average molecular weight is 431 g/mol. The summed E-state index contributed by atoms with van der Waals surface area (Å²) in [6, 6.07) is 24.9. The monoisotopic (exact) mass is 430 g/mol. The molecule has 0 aliphatic heterocycles. The Bertz CT molecular complexity index is 1140. The van der Waals surface area contributed by atoms with Crippen LogP contribution < -0.4 is 14.8 Å². The lowest BCUT2D eigenvalue weighted by atomic mass is 10.1. The lowest BCUT2D eigenvalue weighted by molar-refractivity contribution is -0.122. The number of carbonyl (C=O) groups is 1. The Kier molecular flexibility index (Phi) is 6.29. The summed E-state index contributed by atoms with van der Waals surface area (Å²) in [6.45, 7) is 1.72. The summed E-state index contributed by atoms with van der Waals surface area (Å²) in [6.07, 6.45) is -0.639. The molecule has 1 amide bonds. The lowest BCUT2D eigenvalue weighted by Crippen LogP contribution is -2.30. The minimum Gasteiger partial charge on any atom is -0.497 e. The van der Waals surface area contributed by atoms with Crippen molar-refractivity contribution in [1.82, 2.24) is 4.98 Å². The molecule has 3 aromatic carbocycles. The van der Waals surface area contributed by atoms with Crippen molar-refractivity contribution in [1.29, 1.82) is 0 Å². The summed E-state index contributed by atoms with van der Waals surface area (Å²) in [5.41, 5.74) is 3.72. The van der Waals surface area contributed by atoms with Crippen LogP contribution in [-0.4, -0.2) is 24.1 Å². The van der Waals surface area contributed by atoms with Gasteiger partial charge in [0, 0.05) is 22.2 Å². The average Bonchev–Trinajstić information content (AvgIpc) is 3.31. The molecule has 31 heavy (non-hydrogen) atoms. The van der Waals surface area contributed by atoms with Crippen molar-refractivity contribution >= 4 is 22.9 Å². The second-order valence-corrected chi connectivity index (χ2v) is 7.76. The standard InChI is InChI=1S/C25H22N2O3S/c1-17(30-22-14-12-21(29-2)13-15-22)24(28)26-20-10-8-18(9-11-20)23-16-31-25(27-23)19-6-4-3-5-7-19/h3-17H,1-2H3,(H,26,28). The Hall–Kier alpha value is -3.64. The zero-order chi connectivity index (χ0) is 21.6. The third kappa shape index (κ3) is 5.10. The SMILES string of the molecule is COc1ccc(OC(C)C(=O)Nc2ccc(-c3csc(-c4ccccc4)n3)cc2)cc1. The van der Waals surface area contributed by atoms with E-state index in [1.54, 1.807) is 49.6 Å². The zero-order valence-electron chi connectivity index (χ0n) is 17.2. The van der Waals surface area contributed by atoms with Gasteiger partial charge in [-0.05, 0) is 43.3 Å². The first-order valence-electron chi connectivity index (χ1n) is 9.85. The lowest BCUT2D eigenvalue weighted by Gasteiger charge is -2.15. The fourth-order valence-corrected chi connectivity index (χ4v) is 3.84. The molecule has 0 aliphatic carbocycles. The maximum atomic E-state index is 12.5. The quantitative estimate of drug-likeness (QED) is 0.397. The predicted molar refractivity (Wildman–Crippen MR) is 125 cm³/mol. The van der Waals surface area contributed by atoms with Crippen molar-refractivity contribution in [3.8, 4) is 33.3 Å². The molecule has 0 bridgehead atoms. The van der Waals surface area contributed by atoms with Crippen molar-refractivity contribution in [3.63, 3.8) is 0 Å². The Labute approximate surface area is 185 Å². The van der Waals surface area contributed by atoms with E-state index in [4.69, 9.17) is 14.5 Å². The molecule has 4 rings (SSSR count). The Morgan fingerprint density at radius 1 is 0.903 bits per heavy atom. The summed E-state index contributed by atoms with van der Waals surface area (Å²) in [7, 11) is 1.61. The number of methoxy groups -OCH3 is 1. The van der Waals surface area contributed by atoms with Gasteiger partial charge >= 0.3 is 0 Å². The van der Waals surface area contributed by atoms with E-state index >= 15 is 0 Å². The number of nitrogens with one attached hydrogen (secondary N) is 1. The van der Waals surface area contributed by atoms with E-state index in [0.29, 0.717) is 11.4 Å². The van der Waals surface area contributed by atoms with E-state index in [9.17, 15) is 4.79 Å². The minimum atomic E-state index is -0.639. The summed E-state index contributed by atoms with van der Waals surface area (Å²) in [5, 5.41) is 5.91. The van der Waals surface area contributed by atoms with Gasteiger partial charge in [-0.1, -0.05) is 42.5 Å². The molecular weight excluding hydrogens is 408 g/mol. The van der Waals surface area contributed by atoms with E-state index in [2.05, 4.69) is 17.4 Å². The number of hydrogen-bond acceptors (Lipinski definition) is 5. The number of carbonyl (C=O) groups excluding carboxylic acids is 1. The molecule has 1 atom stereocenters. The maximum Gasteiger partial charge on any atom is 0.265 e. The highest BCUT2D eigenvalue weighted by atomic mass is 32.1. The van der Waals surface area contributed by atoms with E-state index < -0.39 is 6.10 Å². The molecule has 0 spiro atoms. The number of ether oxygens (including phenoxy) is 2. The summed E-state index contributed by atoms with van der Waals surface area (Å²) in [5.74, 6) is 1.13. The Morgan fingerprint density at radius 3 is 2.26 bits per heavy atom. The molecule has 1 N–H and O–H groups in total. The van der Waals surface area contributed by atoms with Crippen LogP contribution >= 0.6 is 11.3 Å². The highest BCUT2D eigenvalue weighted by Gasteiger charge is 2.15. The van der Waals surface area contributed by atoms with Gasteiger partial charge in [0.2, 0.25) is 0 Å². The van der Waals surface area contributed by atoms with E-state index in [-0.39, 0.29) is 5.91 Å². The van der Waals surface area contributed by atoms with Gasteiger partial charge in [0.05, 0.1) is 12.8 Å². The Morgan fingerprint density at radius 2 is 1.58 bits per heavy atom. The number of amides is 1. The normalized spacial score (nSPS) is 11.5. The predicted octanol–water partition coefficient (Wildman–Crippen LogP) is 5.89. The van der Waals surface area contributed by atoms with Crippen molar-refractivity contribution in [3.05, 3.63) is 84.2 Å². The number of anilines is 1. The summed E-state index contributed by atoms with van der Waals surface area (Å²) < 4.78 is 10.8. The smallest absolute Gasteiger partial charge is 0.265 e. The second kappa shape index (κ2) is 9.45. The van der Waals surface area contributed by atoms with Gasteiger partial charge in [-0.15, -0.1) is 11.3 Å². The van der Waals surface area contributed by atoms with Crippen LogP contribution in [0.15, 0.2) is 84.2 Å². The van der Waals surface area contributed by atoms with Crippen LogP contribution in [0, 0.1) is 0 Å². The van der Waals surface area contributed by atoms with Crippen LogP contribution in [-0.2, 0) is 4.79 Å². The highest BCUT2D eigenvalue weighted by molar-refractivity contribution is 7.13. The van der Waals surface area contributed by atoms with Gasteiger partial charge < -0.3 is 14.8 Å². The molecule has 0 saturated heterocycles. The summed E-state index contributed by atoms with van der Waals surface area (Å²) >= 11 is 1.61. The van der Waals surface area contributed by atoms with E-state index in [1.807, 2.05) is 47.8 Å². The van der Waals surface area contributed by atoms with Gasteiger partial charge in [0.1, 0.15) is 16.5 Å². The molecule has 156 valence electrons. The van der Waals surface area contributed by atoms with Crippen LogP contribution in [0.1, 0.15) is 6.92 Å². The topological polar surface area (TPSA) is 60.5 Å². The molecule has 1 unspecified atom stereocenters. The second-order valence-electron chi connectivity index (χ2n) is 6.91. The van der Waals surface area contributed by atoms with Crippen LogP contribution in [0.5, 0.6) is 11.5 Å². The zero-order valence-corrected chi connectivity index (χ0v) is 18.1. The molecule has 5 nitrogen and oxygen atoms in total. The van der Waals surface area contributed by atoms with Crippen LogP contribution in [0.3, 0.4) is 0 Å². The molecule has 0 fully saturated rings. The van der Waals surface area contributed by atoms with E-state index in [0.717, 1.165) is 27.6 Å². The van der Waals surface area contributed by atoms with Crippen LogP contribution in [0.25, 0.3) is 21.8 Å². The Balaban J connectivity index is 1.38. The molecule has 4 aromatic rings. The first kappa shape index (κ1) is 20.6. The molecular formula is C25H22N2O3S. The highest BCUT2D eigenvalue weighted by Crippen LogP contribution is 2.29. The number of benzene rings is 3. The van der Waals surface area contributed by atoms with E-state index in [1.165, 1.54) is 0 Å². The van der Waals surface area contributed by atoms with Crippen LogP contribution in [0.4, 0.5) is 5.69 Å². The van der Waals surface area contributed by atoms with Gasteiger partial charge in [0.15, 0.2) is 6.10 Å². The third-order valence-corrected chi connectivity index (χ3v) is 5.61. The van der Waals surface area contributed by atoms with Crippen molar-refractivity contribution in [2.75, 3.05) is 12.4 Å². The van der Waals surface area contributed by atoms with Crippen molar-refractivity contribution in [2.45, 2.75) is 13.0 Å². The number of hydrogen-bond donors (Lipinski definition) is 1. The molecule has 0 saturated carbocycles. The largest absolute Gasteiger partial charge is 0.497 e. The first-order chi connectivity index (χ1) is 15.1. The molecule has 0 aliphatic rings. The number of aromatic nitrogens is 1. The molecule has 6 heteroatoms. The number of nitrogens with zero attached hydrogens (tertiary/aromatic N) is 1. The number of rotatable bonds is 7. The third-order valence-electron chi connectivity index (χ3n) is 4.71. The van der Waals surface area contributed by atoms with Crippen LogP contribution in [0.2, 0.25) is 0 Å². The van der Waals surface area contributed by atoms with Gasteiger partial charge in [-0.25, -0.2) is 4.98 Å². The van der Waals surface area contributed by atoms with Crippen molar-refractivity contribution in [2.24, 2.45) is 0 Å². The minimum absolute atomic E-state index is 0.219. The fraction of sp³-hybridized carbons (Fsp3) is 0.120.